The van der Waals surface area contributed by atoms with Gasteiger partial charge >= 0.3 is 11.9 Å². The van der Waals surface area contributed by atoms with Crippen molar-refractivity contribution in [1.82, 2.24) is 4.98 Å². The lowest BCUT2D eigenvalue weighted by Crippen LogP contribution is -2.12. The van der Waals surface area contributed by atoms with Crippen LogP contribution in [0.4, 0.5) is 0 Å². The van der Waals surface area contributed by atoms with Crippen LogP contribution in [-0.4, -0.2) is 30.6 Å². The van der Waals surface area contributed by atoms with Crippen molar-refractivity contribution in [3.8, 4) is 5.75 Å². The minimum atomic E-state index is -0.548. The Balaban J connectivity index is 1.69. The average molecular weight is 379 g/mol. The maximum Gasteiger partial charge on any atom is 0.357 e. The molecule has 144 valence electrons. The molecule has 3 aromatic rings. The van der Waals surface area contributed by atoms with E-state index in [-0.39, 0.29) is 18.9 Å². The number of carbonyl (C=O) groups is 2. The maximum absolute atomic E-state index is 12.3. The van der Waals surface area contributed by atoms with Gasteiger partial charge < -0.3 is 14.2 Å². The summed E-state index contributed by atoms with van der Waals surface area (Å²) >= 11 is 0. The highest BCUT2D eigenvalue weighted by Gasteiger charge is 2.15. The van der Waals surface area contributed by atoms with E-state index in [1.54, 1.807) is 21.0 Å². The van der Waals surface area contributed by atoms with Crippen LogP contribution < -0.4 is 4.74 Å². The molecule has 0 bridgehead atoms. The third-order valence-corrected chi connectivity index (χ3v) is 4.27. The lowest BCUT2D eigenvalue weighted by Gasteiger charge is -2.09. The number of rotatable bonds is 6. The Morgan fingerprint density at radius 1 is 0.929 bits per heavy atom. The van der Waals surface area contributed by atoms with E-state index in [9.17, 15) is 9.59 Å². The summed E-state index contributed by atoms with van der Waals surface area (Å²) in [6.45, 7) is 3.79. The molecule has 1 heterocycles. The van der Waals surface area contributed by atoms with E-state index in [0.717, 1.165) is 22.1 Å². The van der Waals surface area contributed by atoms with Crippen molar-refractivity contribution in [3.05, 3.63) is 71.0 Å². The van der Waals surface area contributed by atoms with Crippen LogP contribution in [0.25, 0.3) is 10.8 Å². The van der Waals surface area contributed by atoms with Gasteiger partial charge in [0.05, 0.1) is 25.0 Å². The van der Waals surface area contributed by atoms with Crippen LogP contribution in [-0.2, 0) is 16.1 Å². The fourth-order valence-electron chi connectivity index (χ4n) is 2.81. The number of hydrogen-bond acceptors (Lipinski definition) is 6. The van der Waals surface area contributed by atoms with Crippen molar-refractivity contribution < 1.29 is 23.8 Å². The van der Waals surface area contributed by atoms with Crippen LogP contribution in [0.3, 0.4) is 0 Å². The first-order chi connectivity index (χ1) is 13.5. The van der Waals surface area contributed by atoms with E-state index in [1.165, 1.54) is 12.1 Å². The SMILES string of the molecule is CCOC(=O)c1ccc(C(=O)OCc2ccc3cc(OC)ccc3c2)nc1C. The number of nitrogens with zero attached hydrogens (tertiary/aromatic N) is 1. The van der Waals surface area contributed by atoms with Gasteiger partial charge in [0.15, 0.2) is 0 Å². The second kappa shape index (κ2) is 8.52. The number of aromatic nitrogens is 1. The minimum Gasteiger partial charge on any atom is -0.497 e. The van der Waals surface area contributed by atoms with Crippen LogP contribution in [0.15, 0.2) is 48.5 Å². The predicted octanol–water partition coefficient (Wildman–Crippen LogP) is 4.09. The number of aryl methyl sites for hydroxylation is 1. The predicted molar refractivity (Wildman–Crippen MR) is 105 cm³/mol. The van der Waals surface area contributed by atoms with Crippen molar-refractivity contribution in [2.75, 3.05) is 13.7 Å². The van der Waals surface area contributed by atoms with Crippen molar-refractivity contribution in [2.45, 2.75) is 20.5 Å². The number of ether oxygens (including phenoxy) is 3. The number of benzene rings is 2. The molecule has 3 rings (SSSR count). The van der Waals surface area contributed by atoms with Gasteiger partial charge in [0, 0.05) is 0 Å². The Kier molecular flexibility index (Phi) is 5.89. The molecule has 0 N–H and O–H groups in total. The van der Waals surface area contributed by atoms with E-state index in [2.05, 4.69) is 4.98 Å². The van der Waals surface area contributed by atoms with Crippen molar-refractivity contribution in [2.24, 2.45) is 0 Å². The highest BCUT2D eigenvalue weighted by Crippen LogP contribution is 2.22. The van der Waals surface area contributed by atoms with Crippen LogP contribution in [0, 0.1) is 6.92 Å². The molecule has 1 aromatic heterocycles. The van der Waals surface area contributed by atoms with Gasteiger partial charge in [0.2, 0.25) is 0 Å². The first kappa shape index (κ1) is 19.4. The van der Waals surface area contributed by atoms with Gasteiger partial charge in [-0.3, -0.25) is 0 Å². The summed E-state index contributed by atoms with van der Waals surface area (Å²) in [7, 11) is 1.63. The maximum atomic E-state index is 12.3. The van der Waals surface area contributed by atoms with Gasteiger partial charge in [-0.2, -0.15) is 0 Å². The molecular weight excluding hydrogens is 358 g/mol. The monoisotopic (exact) mass is 379 g/mol. The second-order valence-electron chi connectivity index (χ2n) is 6.17. The van der Waals surface area contributed by atoms with E-state index >= 15 is 0 Å². The summed E-state index contributed by atoms with van der Waals surface area (Å²) in [6, 6.07) is 14.6. The quantitative estimate of drug-likeness (QED) is 0.601. The molecule has 0 aliphatic heterocycles. The number of carbonyl (C=O) groups excluding carboxylic acids is 2. The molecule has 2 aromatic carbocycles. The third kappa shape index (κ3) is 4.28. The number of fused-ring (bicyclic) bond motifs is 1. The highest BCUT2D eigenvalue weighted by molar-refractivity contribution is 5.93. The molecular formula is C22H21NO5. The number of methoxy groups -OCH3 is 1. The summed E-state index contributed by atoms with van der Waals surface area (Å²) in [6.07, 6.45) is 0. The molecule has 28 heavy (non-hydrogen) atoms. The molecule has 6 heteroatoms. The Morgan fingerprint density at radius 3 is 2.39 bits per heavy atom. The summed E-state index contributed by atoms with van der Waals surface area (Å²) in [5, 5.41) is 2.07. The first-order valence-corrected chi connectivity index (χ1v) is 8.90. The molecule has 0 spiro atoms. The van der Waals surface area contributed by atoms with Crippen LogP contribution in [0.1, 0.15) is 39.0 Å². The van der Waals surface area contributed by atoms with Crippen molar-refractivity contribution in [3.63, 3.8) is 0 Å². The molecule has 0 radical (unpaired) electrons. The van der Waals surface area contributed by atoms with Gasteiger partial charge in [-0.05, 0) is 60.5 Å². The van der Waals surface area contributed by atoms with E-state index in [1.807, 2.05) is 36.4 Å². The average Bonchev–Trinajstić information content (AvgIpc) is 2.71. The van der Waals surface area contributed by atoms with Gasteiger partial charge in [0.25, 0.3) is 0 Å². The topological polar surface area (TPSA) is 74.7 Å². The molecule has 0 aliphatic rings. The lowest BCUT2D eigenvalue weighted by molar-refractivity contribution is 0.0461. The van der Waals surface area contributed by atoms with Crippen LogP contribution in [0.5, 0.6) is 5.75 Å². The Hall–Kier alpha value is -3.41. The molecule has 0 saturated carbocycles. The largest absolute Gasteiger partial charge is 0.497 e. The molecule has 6 nitrogen and oxygen atoms in total. The zero-order valence-electron chi connectivity index (χ0n) is 16.0. The van der Waals surface area contributed by atoms with Crippen molar-refractivity contribution in [1.29, 1.82) is 0 Å². The third-order valence-electron chi connectivity index (χ3n) is 4.27. The Morgan fingerprint density at radius 2 is 1.68 bits per heavy atom. The number of esters is 2. The van der Waals surface area contributed by atoms with E-state index in [0.29, 0.717) is 11.3 Å². The van der Waals surface area contributed by atoms with Crippen LogP contribution in [0.2, 0.25) is 0 Å². The summed E-state index contributed by atoms with van der Waals surface area (Å²) in [4.78, 5) is 28.3. The fraction of sp³-hybridized carbons (Fsp3) is 0.227. The second-order valence-corrected chi connectivity index (χ2v) is 6.17. The lowest BCUT2D eigenvalue weighted by atomic mass is 10.1. The Labute approximate surface area is 163 Å². The molecule has 0 amide bonds. The zero-order chi connectivity index (χ0) is 20.1. The molecule has 0 unspecified atom stereocenters. The molecule has 0 fully saturated rings. The standard InChI is InChI=1S/C22H21NO5/c1-4-27-21(24)19-9-10-20(23-14(19)2)22(25)28-13-15-5-6-17-12-18(26-3)8-7-16(17)11-15/h5-12H,4,13H2,1-3H3. The van der Waals surface area contributed by atoms with Gasteiger partial charge in [-0.15, -0.1) is 0 Å². The smallest absolute Gasteiger partial charge is 0.357 e. The van der Waals surface area contributed by atoms with Crippen molar-refractivity contribution >= 4 is 22.7 Å². The number of hydrogen-bond donors (Lipinski definition) is 0. The summed E-state index contributed by atoms with van der Waals surface area (Å²) < 4.78 is 15.6. The van der Waals surface area contributed by atoms with Gasteiger partial charge in [-0.1, -0.05) is 18.2 Å². The molecule has 0 saturated heterocycles. The highest BCUT2D eigenvalue weighted by atomic mass is 16.5. The van der Waals surface area contributed by atoms with Gasteiger partial charge in [0.1, 0.15) is 18.1 Å². The van der Waals surface area contributed by atoms with Gasteiger partial charge in [-0.25, -0.2) is 14.6 Å². The summed E-state index contributed by atoms with van der Waals surface area (Å²) in [5.41, 5.74) is 1.78. The minimum absolute atomic E-state index is 0.126. The van der Waals surface area contributed by atoms with E-state index < -0.39 is 11.9 Å². The normalized spacial score (nSPS) is 10.5. The first-order valence-electron chi connectivity index (χ1n) is 8.90. The molecule has 0 atom stereocenters. The number of pyridine rings is 1. The van der Waals surface area contributed by atoms with E-state index in [4.69, 9.17) is 14.2 Å². The summed E-state index contributed by atoms with van der Waals surface area (Å²) in [5.74, 6) is -0.215. The molecule has 0 aliphatic carbocycles. The Bertz CT molecular complexity index is 1030. The van der Waals surface area contributed by atoms with Crippen LogP contribution >= 0.6 is 0 Å². The zero-order valence-corrected chi connectivity index (χ0v) is 16.0. The fourth-order valence-corrected chi connectivity index (χ4v) is 2.81.